The number of nitrogens with one attached hydrogen (secondary N) is 1. The summed E-state index contributed by atoms with van der Waals surface area (Å²) < 4.78 is 19.1. The normalized spacial score (nSPS) is 19.1. The summed E-state index contributed by atoms with van der Waals surface area (Å²) in [7, 11) is 1.67. The lowest BCUT2D eigenvalue weighted by Gasteiger charge is -2.32. The lowest BCUT2D eigenvalue weighted by molar-refractivity contribution is -0.132. The largest absolute Gasteiger partial charge is 0.390 e. The molecular weight excluding hydrogens is 483 g/mol. The number of imidazole rings is 1. The van der Waals surface area contributed by atoms with Gasteiger partial charge in [-0.2, -0.15) is 0 Å². The van der Waals surface area contributed by atoms with E-state index in [9.17, 15) is 9.18 Å². The standard InChI is InChI=1S/C29H39FN6O2/c1-20-14-22(7-8-24(20)30)27-15-23(17-38-2)25(35-27)4-3-5-29(37)36-12-10-21(11-13-36)6-9-26(33-18-31)28-16-32-19-34-28/h7-8,14-16,18-19,21,25-26H,3-6,9-13,17H2,1-2H3,(H2,31,33)(H,32,34). The third-order valence-electron chi connectivity index (χ3n) is 7.64. The number of benzene rings is 1. The second-order valence-electron chi connectivity index (χ2n) is 10.3. The number of ether oxygens (including phenoxy) is 1. The molecule has 2 atom stereocenters. The quantitative estimate of drug-likeness (QED) is 0.316. The lowest BCUT2D eigenvalue weighted by atomic mass is 9.90. The van der Waals surface area contributed by atoms with Crippen LogP contribution in [0.1, 0.15) is 67.8 Å². The zero-order chi connectivity index (χ0) is 26.9. The highest BCUT2D eigenvalue weighted by molar-refractivity contribution is 6.10. The van der Waals surface area contributed by atoms with Crippen LogP contribution < -0.4 is 5.73 Å². The number of nitrogens with two attached hydrogens (primary N) is 1. The molecule has 2 aliphatic heterocycles. The number of aromatic nitrogens is 2. The maximum atomic E-state index is 13.7. The Bertz CT molecular complexity index is 1150. The number of hydrogen-bond donors (Lipinski definition) is 2. The SMILES string of the molecule is COCC1=CC(c2ccc(F)c(C)c2)=NC1CCCC(=O)N1CCC(CCC(N=CN)c2cnc[nH]2)CC1. The van der Waals surface area contributed by atoms with Crippen molar-refractivity contribution in [2.45, 2.75) is 64.0 Å². The minimum Gasteiger partial charge on any atom is -0.390 e. The number of allylic oxidation sites excluding steroid dienone is 1. The summed E-state index contributed by atoms with van der Waals surface area (Å²) in [6.45, 7) is 3.87. The van der Waals surface area contributed by atoms with Crippen LogP contribution in [-0.4, -0.2) is 65.7 Å². The number of nitrogens with zero attached hydrogens (tertiary/aromatic N) is 4. The van der Waals surface area contributed by atoms with Gasteiger partial charge in [0.25, 0.3) is 0 Å². The first-order valence-electron chi connectivity index (χ1n) is 13.5. The fourth-order valence-corrected chi connectivity index (χ4v) is 5.41. The molecule has 1 aromatic heterocycles. The number of methoxy groups -OCH3 is 1. The highest BCUT2D eigenvalue weighted by Gasteiger charge is 2.25. The number of aryl methyl sites for hydroxylation is 1. The molecule has 2 aromatic rings. The van der Waals surface area contributed by atoms with Gasteiger partial charge < -0.3 is 20.4 Å². The summed E-state index contributed by atoms with van der Waals surface area (Å²) in [6, 6.07) is 5.07. The summed E-state index contributed by atoms with van der Waals surface area (Å²) in [5, 5.41) is 0. The number of rotatable bonds is 12. The van der Waals surface area contributed by atoms with E-state index >= 15 is 0 Å². The first-order chi connectivity index (χ1) is 18.5. The fourth-order valence-electron chi connectivity index (χ4n) is 5.41. The molecule has 0 saturated carbocycles. The molecule has 38 heavy (non-hydrogen) atoms. The molecule has 0 bridgehead atoms. The Labute approximate surface area is 224 Å². The van der Waals surface area contributed by atoms with E-state index in [0.29, 0.717) is 24.5 Å². The number of piperidine rings is 1. The minimum absolute atomic E-state index is 0.00468. The van der Waals surface area contributed by atoms with Crippen molar-refractivity contribution in [1.82, 2.24) is 14.9 Å². The Hall–Kier alpha value is -3.33. The van der Waals surface area contributed by atoms with E-state index in [0.717, 1.165) is 74.2 Å². The zero-order valence-electron chi connectivity index (χ0n) is 22.4. The van der Waals surface area contributed by atoms with E-state index < -0.39 is 0 Å². The molecule has 9 heteroatoms. The van der Waals surface area contributed by atoms with Crippen LogP contribution in [0.25, 0.3) is 0 Å². The summed E-state index contributed by atoms with van der Waals surface area (Å²) in [5.41, 5.74) is 9.99. The van der Waals surface area contributed by atoms with Gasteiger partial charge in [0.1, 0.15) is 5.82 Å². The number of aromatic amines is 1. The molecule has 2 unspecified atom stereocenters. The van der Waals surface area contributed by atoms with Crippen LogP contribution in [0.3, 0.4) is 0 Å². The summed E-state index contributed by atoms with van der Waals surface area (Å²) in [6.07, 6.45) is 12.9. The molecule has 4 rings (SSSR count). The van der Waals surface area contributed by atoms with E-state index in [1.807, 2.05) is 17.0 Å². The highest BCUT2D eigenvalue weighted by Crippen LogP contribution is 2.29. The van der Waals surface area contributed by atoms with Crippen LogP contribution in [0.2, 0.25) is 0 Å². The number of H-pyrrole nitrogens is 1. The number of hydrogen-bond acceptors (Lipinski definition) is 5. The van der Waals surface area contributed by atoms with Crippen LogP contribution in [0.15, 0.2) is 52.4 Å². The van der Waals surface area contributed by atoms with Crippen LogP contribution >= 0.6 is 0 Å². The van der Waals surface area contributed by atoms with Crippen molar-refractivity contribution in [3.05, 3.63) is 65.0 Å². The van der Waals surface area contributed by atoms with Gasteiger partial charge in [0.2, 0.25) is 5.91 Å². The number of aliphatic imine (C=N–C) groups is 2. The molecule has 1 aromatic carbocycles. The fraction of sp³-hybridized carbons (Fsp3) is 0.517. The Morgan fingerprint density at radius 1 is 1.34 bits per heavy atom. The number of amides is 1. The third-order valence-corrected chi connectivity index (χ3v) is 7.64. The predicted molar refractivity (Wildman–Crippen MR) is 148 cm³/mol. The first-order valence-corrected chi connectivity index (χ1v) is 13.5. The average molecular weight is 523 g/mol. The van der Waals surface area contributed by atoms with E-state index in [-0.39, 0.29) is 23.8 Å². The average Bonchev–Trinajstić information content (AvgIpc) is 3.59. The predicted octanol–water partition coefficient (Wildman–Crippen LogP) is 4.52. The van der Waals surface area contributed by atoms with Gasteiger partial charge in [-0.3, -0.25) is 14.8 Å². The van der Waals surface area contributed by atoms with E-state index in [1.165, 1.54) is 12.4 Å². The molecular formula is C29H39FN6O2. The van der Waals surface area contributed by atoms with Gasteiger partial charge in [0, 0.05) is 32.2 Å². The first kappa shape index (κ1) is 27.7. The lowest BCUT2D eigenvalue weighted by Crippen LogP contribution is -2.38. The molecule has 0 radical (unpaired) electrons. The van der Waals surface area contributed by atoms with E-state index in [2.05, 4.69) is 15.0 Å². The summed E-state index contributed by atoms with van der Waals surface area (Å²) in [4.78, 5) is 31.4. The zero-order valence-corrected chi connectivity index (χ0v) is 22.4. The maximum absolute atomic E-state index is 13.7. The van der Waals surface area contributed by atoms with Gasteiger partial charge in [-0.25, -0.2) is 9.37 Å². The van der Waals surface area contributed by atoms with Gasteiger partial charge in [-0.05, 0) is 86.8 Å². The highest BCUT2D eigenvalue weighted by atomic mass is 19.1. The van der Waals surface area contributed by atoms with Gasteiger partial charge in [-0.1, -0.05) is 0 Å². The number of halogens is 1. The Kier molecular flexibility index (Phi) is 9.81. The number of carbonyl (C=O) groups excluding carboxylic acids is 1. The van der Waals surface area contributed by atoms with Gasteiger partial charge in [-0.15, -0.1) is 0 Å². The third kappa shape index (κ3) is 7.16. The van der Waals surface area contributed by atoms with E-state index in [4.69, 9.17) is 15.5 Å². The maximum Gasteiger partial charge on any atom is 0.222 e. The molecule has 0 spiro atoms. The monoisotopic (exact) mass is 522 g/mol. The van der Waals surface area contributed by atoms with Crippen molar-refractivity contribution in [2.24, 2.45) is 21.6 Å². The van der Waals surface area contributed by atoms with Gasteiger partial charge in [0.05, 0.1) is 49.0 Å². The second-order valence-corrected chi connectivity index (χ2v) is 10.3. The van der Waals surface area contributed by atoms with Gasteiger partial charge in [0.15, 0.2) is 0 Å². The molecule has 2 aliphatic rings. The number of likely N-dealkylation sites (tertiary alicyclic amines) is 1. The van der Waals surface area contributed by atoms with E-state index in [1.54, 1.807) is 32.6 Å². The molecule has 1 saturated heterocycles. The molecule has 8 nitrogen and oxygen atoms in total. The van der Waals surface area contributed by atoms with Crippen molar-refractivity contribution in [2.75, 3.05) is 26.8 Å². The molecule has 0 aliphatic carbocycles. The van der Waals surface area contributed by atoms with Crippen LogP contribution in [-0.2, 0) is 9.53 Å². The van der Waals surface area contributed by atoms with Crippen molar-refractivity contribution < 1.29 is 13.9 Å². The van der Waals surface area contributed by atoms with Gasteiger partial charge >= 0.3 is 0 Å². The van der Waals surface area contributed by atoms with Crippen LogP contribution in [0.4, 0.5) is 4.39 Å². The molecule has 3 heterocycles. The molecule has 1 fully saturated rings. The molecule has 3 N–H and O–H groups in total. The Morgan fingerprint density at radius 2 is 2.16 bits per heavy atom. The summed E-state index contributed by atoms with van der Waals surface area (Å²) in [5.74, 6) is 0.590. The molecule has 204 valence electrons. The van der Waals surface area contributed by atoms with Crippen molar-refractivity contribution >= 4 is 18.0 Å². The van der Waals surface area contributed by atoms with Crippen molar-refractivity contribution in [3.8, 4) is 0 Å². The minimum atomic E-state index is -0.216. The Balaban J connectivity index is 1.22. The van der Waals surface area contributed by atoms with Crippen molar-refractivity contribution in [3.63, 3.8) is 0 Å². The Morgan fingerprint density at radius 3 is 2.84 bits per heavy atom. The van der Waals surface area contributed by atoms with Crippen LogP contribution in [0, 0.1) is 18.7 Å². The second kappa shape index (κ2) is 13.5. The smallest absolute Gasteiger partial charge is 0.222 e. The number of carbonyl (C=O) groups is 1. The van der Waals surface area contributed by atoms with Crippen LogP contribution in [0.5, 0.6) is 0 Å². The molecule has 1 amide bonds. The topological polar surface area (TPSA) is 109 Å². The summed E-state index contributed by atoms with van der Waals surface area (Å²) >= 11 is 0. The van der Waals surface area contributed by atoms with Crippen molar-refractivity contribution in [1.29, 1.82) is 0 Å².